The van der Waals surface area contributed by atoms with Gasteiger partial charge in [-0.2, -0.15) is 0 Å². The number of aromatic nitrogens is 2. The van der Waals surface area contributed by atoms with E-state index in [9.17, 15) is 4.79 Å². The number of carbonyl (C=O) groups excluding carboxylic acids is 1. The Balaban J connectivity index is 1.81. The predicted octanol–water partition coefficient (Wildman–Crippen LogP) is 2.68. The summed E-state index contributed by atoms with van der Waals surface area (Å²) in [5.74, 6) is 0.0240. The maximum Gasteiger partial charge on any atom is 0.253 e. The molecule has 0 fully saturated rings. The molecule has 0 spiro atoms. The van der Waals surface area contributed by atoms with Crippen molar-refractivity contribution in [3.8, 4) is 0 Å². The first-order valence-corrected chi connectivity index (χ1v) is 7.37. The molecule has 5 heteroatoms. The molecule has 0 radical (unpaired) electrons. The molecule has 2 heterocycles. The predicted molar refractivity (Wildman–Crippen MR) is 81.5 cm³/mol. The minimum Gasteiger partial charge on any atom is -0.338 e. The monoisotopic (exact) mass is 301 g/mol. The van der Waals surface area contributed by atoms with Crippen LogP contribution in [-0.2, 0) is 12.8 Å². The van der Waals surface area contributed by atoms with Crippen LogP contribution in [0.1, 0.15) is 27.3 Å². The van der Waals surface area contributed by atoms with Gasteiger partial charge in [0.15, 0.2) is 0 Å². The van der Waals surface area contributed by atoms with E-state index < -0.39 is 0 Å². The van der Waals surface area contributed by atoms with Crippen molar-refractivity contribution in [2.24, 2.45) is 0 Å². The molecule has 0 saturated carbocycles. The molecule has 1 aromatic carbocycles. The molecule has 21 heavy (non-hydrogen) atoms. The van der Waals surface area contributed by atoms with Crippen molar-refractivity contribution in [3.63, 3.8) is 0 Å². The lowest BCUT2D eigenvalue weighted by Gasteiger charge is -2.20. The summed E-state index contributed by atoms with van der Waals surface area (Å²) in [6.45, 7) is 3.36. The highest BCUT2D eigenvalue weighted by atomic mass is 35.5. The van der Waals surface area contributed by atoms with Crippen LogP contribution >= 0.6 is 11.6 Å². The van der Waals surface area contributed by atoms with Crippen LogP contribution in [-0.4, -0.2) is 33.9 Å². The van der Waals surface area contributed by atoms with Gasteiger partial charge in [0.2, 0.25) is 0 Å². The molecular weight excluding hydrogens is 286 g/mol. The Morgan fingerprint density at radius 3 is 2.86 bits per heavy atom. The van der Waals surface area contributed by atoms with Gasteiger partial charge in [-0.15, -0.1) is 0 Å². The molecule has 0 N–H and O–H groups in total. The van der Waals surface area contributed by atoms with Crippen LogP contribution in [0.15, 0.2) is 30.6 Å². The number of amides is 1. The third-order valence-corrected chi connectivity index (χ3v) is 4.09. The molecule has 0 saturated heterocycles. The van der Waals surface area contributed by atoms with Crippen LogP contribution in [0.4, 0.5) is 0 Å². The fourth-order valence-corrected chi connectivity index (χ4v) is 2.89. The Hall–Kier alpha value is -1.94. The second kappa shape index (κ2) is 5.82. The van der Waals surface area contributed by atoms with Crippen molar-refractivity contribution >= 4 is 17.5 Å². The zero-order chi connectivity index (χ0) is 14.8. The van der Waals surface area contributed by atoms with Gasteiger partial charge in [0.05, 0.1) is 0 Å². The van der Waals surface area contributed by atoms with Gasteiger partial charge in [-0.1, -0.05) is 17.7 Å². The van der Waals surface area contributed by atoms with Gasteiger partial charge in [-0.25, -0.2) is 9.97 Å². The van der Waals surface area contributed by atoms with Crippen molar-refractivity contribution in [1.29, 1.82) is 0 Å². The zero-order valence-electron chi connectivity index (χ0n) is 11.8. The summed E-state index contributed by atoms with van der Waals surface area (Å²) < 4.78 is 0. The minimum absolute atomic E-state index is 0.0240. The van der Waals surface area contributed by atoms with Crippen LogP contribution in [0, 0.1) is 6.92 Å². The normalized spacial score (nSPS) is 14.5. The lowest BCUT2D eigenvalue weighted by molar-refractivity contribution is 0.0763. The average molecular weight is 302 g/mol. The van der Waals surface area contributed by atoms with E-state index in [0.717, 1.165) is 24.2 Å². The van der Waals surface area contributed by atoms with Crippen LogP contribution in [0.3, 0.4) is 0 Å². The highest BCUT2D eigenvalue weighted by Crippen LogP contribution is 2.18. The van der Waals surface area contributed by atoms with E-state index in [-0.39, 0.29) is 5.91 Å². The average Bonchev–Trinajstić information content (AvgIpc) is 2.70. The first-order chi connectivity index (χ1) is 10.1. The molecule has 0 atom stereocenters. The van der Waals surface area contributed by atoms with Gasteiger partial charge < -0.3 is 4.90 Å². The number of nitrogens with zero attached hydrogens (tertiary/aromatic N) is 3. The number of benzene rings is 1. The summed E-state index contributed by atoms with van der Waals surface area (Å²) in [4.78, 5) is 23.0. The second-order valence-corrected chi connectivity index (χ2v) is 5.62. The molecule has 3 rings (SSSR count). The number of hydrogen-bond acceptors (Lipinski definition) is 3. The molecule has 0 bridgehead atoms. The van der Waals surface area contributed by atoms with Crippen LogP contribution in [0.25, 0.3) is 0 Å². The van der Waals surface area contributed by atoms with Crippen LogP contribution in [0.5, 0.6) is 0 Å². The molecule has 1 aliphatic heterocycles. The number of hydrogen-bond donors (Lipinski definition) is 0. The van der Waals surface area contributed by atoms with E-state index in [0.29, 0.717) is 23.7 Å². The SMILES string of the molecule is Cc1ncnc2c1CCN(C(=O)c1cccc(Cl)c1)CC2. The molecule has 0 unspecified atom stereocenters. The van der Waals surface area contributed by atoms with Gasteiger partial charge in [-0.05, 0) is 37.1 Å². The molecule has 2 aromatic rings. The second-order valence-electron chi connectivity index (χ2n) is 5.19. The summed E-state index contributed by atoms with van der Waals surface area (Å²) in [6, 6.07) is 7.09. The fraction of sp³-hybridized carbons (Fsp3) is 0.312. The molecule has 108 valence electrons. The lowest BCUT2D eigenvalue weighted by Crippen LogP contribution is -2.33. The number of carbonyl (C=O) groups is 1. The van der Waals surface area contributed by atoms with Crippen molar-refractivity contribution in [3.05, 3.63) is 58.1 Å². The molecule has 1 aliphatic rings. The van der Waals surface area contributed by atoms with E-state index in [2.05, 4.69) is 9.97 Å². The van der Waals surface area contributed by atoms with Gasteiger partial charge >= 0.3 is 0 Å². The minimum atomic E-state index is 0.0240. The molecular formula is C16H16ClN3O. The van der Waals surface area contributed by atoms with Gasteiger partial charge in [0.25, 0.3) is 5.91 Å². The van der Waals surface area contributed by atoms with E-state index in [4.69, 9.17) is 11.6 Å². The first-order valence-electron chi connectivity index (χ1n) is 6.99. The van der Waals surface area contributed by atoms with Crippen LogP contribution in [0.2, 0.25) is 5.02 Å². The Kier molecular flexibility index (Phi) is 3.88. The van der Waals surface area contributed by atoms with Gasteiger partial charge in [0, 0.05) is 41.5 Å². The number of halogens is 1. The largest absolute Gasteiger partial charge is 0.338 e. The smallest absolute Gasteiger partial charge is 0.253 e. The van der Waals surface area contributed by atoms with Gasteiger partial charge in [-0.3, -0.25) is 4.79 Å². The number of fused-ring (bicyclic) bond motifs is 1. The standard InChI is InChI=1S/C16H16ClN3O/c1-11-14-5-7-20(8-6-15(14)19-10-18-11)16(21)12-3-2-4-13(17)9-12/h2-4,9-10H,5-8H2,1H3. The summed E-state index contributed by atoms with van der Waals surface area (Å²) in [5, 5.41) is 0.584. The van der Waals surface area contributed by atoms with E-state index >= 15 is 0 Å². The Morgan fingerprint density at radius 2 is 2.05 bits per heavy atom. The van der Waals surface area contributed by atoms with Crippen molar-refractivity contribution in [2.75, 3.05) is 13.1 Å². The maximum absolute atomic E-state index is 12.6. The fourth-order valence-electron chi connectivity index (χ4n) is 2.70. The summed E-state index contributed by atoms with van der Waals surface area (Å²) >= 11 is 5.96. The Labute approximate surface area is 128 Å². The molecule has 1 amide bonds. The number of aryl methyl sites for hydroxylation is 1. The summed E-state index contributed by atoms with van der Waals surface area (Å²) in [5.41, 5.74) is 3.89. The third-order valence-electron chi connectivity index (χ3n) is 3.86. The van der Waals surface area contributed by atoms with E-state index in [1.54, 1.807) is 30.6 Å². The lowest BCUT2D eigenvalue weighted by atomic mass is 10.1. The highest BCUT2D eigenvalue weighted by Gasteiger charge is 2.21. The Bertz CT molecular complexity index is 687. The zero-order valence-corrected chi connectivity index (χ0v) is 12.6. The molecule has 4 nitrogen and oxygen atoms in total. The molecule has 0 aliphatic carbocycles. The van der Waals surface area contributed by atoms with E-state index in [1.165, 1.54) is 5.56 Å². The van der Waals surface area contributed by atoms with Crippen molar-refractivity contribution in [1.82, 2.24) is 14.9 Å². The summed E-state index contributed by atoms with van der Waals surface area (Å²) in [6.07, 6.45) is 3.17. The quantitative estimate of drug-likeness (QED) is 0.813. The topological polar surface area (TPSA) is 46.1 Å². The highest BCUT2D eigenvalue weighted by molar-refractivity contribution is 6.30. The Morgan fingerprint density at radius 1 is 1.24 bits per heavy atom. The maximum atomic E-state index is 12.6. The van der Waals surface area contributed by atoms with Crippen molar-refractivity contribution < 1.29 is 4.79 Å². The third kappa shape index (κ3) is 2.90. The van der Waals surface area contributed by atoms with Crippen molar-refractivity contribution in [2.45, 2.75) is 19.8 Å². The first kappa shape index (κ1) is 14.0. The van der Waals surface area contributed by atoms with Gasteiger partial charge in [0.1, 0.15) is 6.33 Å². The number of rotatable bonds is 1. The van der Waals surface area contributed by atoms with Crippen LogP contribution < -0.4 is 0 Å². The molecule has 1 aromatic heterocycles. The summed E-state index contributed by atoms with van der Waals surface area (Å²) in [7, 11) is 0. The van der Waals surface area contributed by atoms with E-state index in [1.807, 2.05) is 11.8 Å².